The third kappa shape index (κ3) is 5.53. The highest BCUT2D eigenvalue weighted by molar-refractivity contribution is 5.82. The maximum Gasteiger partial charge on any atom is 0.0708 e. The summed E-state index contributed by atoms with van der Waals surface area (Å²) in [6, 6.07) is 80.9. The van der Waals surface area contributed by atoms with Crippen LogP contribution in [0.4, 0.5) is 17.1 Å². The van der Waals surface area contributed by atoms with Crippen molar-refractivity contribution < 1.29 is 0 Å². The number of para-hydroxylation sites is 1. The Morgan fingerprint density at radius 1 is 0.309 bits per heavy atom. The maximum atomic E-state index is 2.50. The molecule has 266 valence electrons. The molecule has 8 aromatic carbocycles. The Labute approximate surface area is 326 Å². The number of rotatable bonds is 7. The van der Waals surface area contributed by atoms with Crippen LogP contribution in [0.2, 0.25) is 0 Å². The van der Waals surface area contributed by atoms with E-state index >= 15 is 0 Å². The van der Waals surface area contributed by atoms with Gasteiger partial charge in [-0.3, -0.25) is 0 Å². The summed E-state index contributed by atoms with van der Waals surface area (Å²) in [7, 11) is 0. The number of fused-ring (bicyclic) bond motifs is 2. The lowest BCUT2D eigenvalue weighted by atomic mass is 9.50. The van der Waals surface area contributed by atoms with Gasteiger partial charge in [-0.05, 0) is 91.9 Å². The van der Waals surface area contributed by atoms with Crippen molar-refractivity contribution in [3.8, 4) is 0 Å². The topological polar surface area (TPSA) is 3.24 Å². The fourth-order valence-electron chi connectivity index (χ4n) is 9.20. The van der Waals surface area contributed by atoms with Gasteiger partial charge in [0.1, 0.15) is 0 Å². The SMILES string of the molecule is CC(C)(C)c1ccc(N(c2ccccc2)c2ccc3c(c2)C(c2ccccc2)(c2ccccc2)c2ccccc2C3(c2ccccc2)c2ccccc2)cc1. The highest BCUT2D eigenvalue weighted by Gasteiger charge is 2.53. The van der Waals surface area contributed by atoms with Gasteiger partial charge in [0.05, 0.1) is 10.8 Å². The smallest absolute Gasteiger partial charge is 0.0708 e. The molecule has 0 aliphatic heterocycles. The summed E-state index contributed by atoms with van der Waals surface area (Å²) in [5, 5.41) is 0. The van der Waals surface area contributed by atoms with E-state index in [1.54, 1.807) is 0 Å². The molecule has 0 aromatic heterocycles. The Balaban J connectivity index is 1.44. The molecule has 0 bridgehead atoms. The van der Waals surface area contributed by atoms with Gasteiger partial charge >= 0.3 is 0 Å². The Morgan fingerprint density at radius 2 is 0.636 bits per heavy atom. The molecule has 0 saturated heterocycles. The third-order valence-electron chi connectivity index (χ3n) is 11.6. The van der Waals surface area contributed by atoms with Crippen molar-refractivity contribution in [1.82, 2.24) is 0 Å². The van der Waals surface area contributed by atoms with Crippen molar-refractivity contribution in [3.63, 3.8) is 0 Å². The number of anilines is 3. The van der Waals surface area contributed by atoms with E-state index in [1.807, 2.05) is 0 Å². The van der Waals surface area contributed by atoms with Crippen LogP contribution in [-0.2, 0) is 16.2 Å². The molecule has 9 rings (SSSR count). The summed E-state index contributed by atoms with van der Waals surface area (Å²) in [4.78, 5) is 2.42. The molecule has 0 saturated carbocycles. The molecule has 0 radical (unpaired) electrons. The zero-order valence-electron chi connectivity index (χ0n) is 31.7. The van der Waals surface area contributed by atoms with Gasteiger partial charge in [0.2, 0.25) is 0 Å². The van der Waals surface area contributed by atoms with Gasteiger partial charge in [0.15, 0.2) is 0 Å². The number of nitrogens with zero attached hydrogens (tertiary/aromatic N) is 1. The summed E-state index contributed by atoms with van der Waals surface area (Å²) < 4.78 is 0. The molecule has 8 aromatic rings. The third-order valence-corrected chi connectivity index (χ3v) is 11.6. The highest BCUT2D eigenvalue weighted by atomic mass is 15.1. The van der Waals surface area contributed by atoms with Gasteiger partial charge in [-0.2, -0.15) is 0 Å². The van der Waals surface area contributed by atoms with E-state index in [9.17, 15) is 0 Å². The number of hydrogen-bond acceptors (Lipinski definition) is 1. The zero-order valence-corrected chi connectivity index (χ0v) is 31.7. The molecular weight excluding hydrogens is 663 g/mol. The summed E-state index contributed by atoms with van der Waals surface area (Å²) in [6.45, 7) is 6.82. The molecule has 1 nitrogen and oxygen atoms in total. The Morgan fingerprint density at radius 3 is 1.05 bits per heavy atom. The number of benzene rings is 8. The lowest BCUT2D eigenvalue weighted by Gasteiger charge is -2.51. The van der Waals surface area contributed by atoms with Crippen LogP contribution < -0.4 is 4.90 Å². The number of hydrogen-bond donors (Lipinski definition) is 0. The fourth-order valence-corrected chi connectivity index (χ4v) is 9.20. The normalized spacial score (nSPS) is 14.0. The van der Waals surface area contributed by atoms with E-state index in [-0.39, 0.29) is 5.41 Å². The molecule has 0 heterocycles. The average Bonchev–Trinajstić information content (AvgIpc) is 3.24. The van der Waals surface area contributed by atoms with Crippen LogP contribution in [0.5, 0.6) is 0 Å². The van der Waals surface area contributed by atoms with Crippen molar-refractivity contribution in [2.24, 2.45) is 0 Å². The van der Waals surface area contributed by atoms with Crippen LogP contribution in [0.15, 0.2) is 218 Å². The Bertz CT molecular complexity index is 2460. The standard InChI is InChI=1S/C54H45N/c1-52(2,3)40-33-35-46(36-34-40)55(45-29-17-8-18-30-45)47-37-38-50-51(39-47)54(43-25-13-6-14-26-43,44-27-15-7-16-28-44)49-32-20-19-31-48(49)53(50,41-21-9-4-10-22-41)42-23-11-5-12-24-42/h4-39H,1-3H3. The van der Waals surface area contributed by atoms with Gasteiger partial charge in [-0.15, -0.1) is 0 Å². The van der Waals surface area contributed by atoms with Gasteiger partial charge in [0.25, 0.3) is 0 Å². The molecule has 0 atom stereocenters. The molecule has 1 aliphatic rings. The quantitative estimate of drug-likeness (QED) is 0.159. The van der Waals surface area contributed by atoms with Gasteiger partial charge < -0.3 is 4.90 Å². The van der Waals surface area contributed by atoms with Crippen LogP contribution in [0.3, 0.4) is 0 Å². The highest BCUT2D eigenvalue weighted by Crippen LogP contribution is 2.60. The van der Waals surface area contributed by atoms with Crippen molar-refractivity contribution in [1.29, 1.82) is 0 Å². The van der Waals surface area contributed by atoms with Crippen molar-refractivity contribution in [2.45, 2.75) is 37.0 Å². The molecule has 0 N–H and O–H groups in total. The molecule has 0 amide bonds. The van der Waals surface area contributed by atoms with E-state index < -0.39 is 10.8 Å². The van der Waals surface area contributed by atoms with Crippen LogP contribution in [-0.4, -0.2) is 0 Å². The molecule has 0 fully saturated rings. The van der Waals surface area contributed by atoms with Gasteiger partial charge in [0, 0.05) is 17.1 Å². The minimum atomic E-state index is -0.629. The second-order valence-corrected chi connectivity index (χ2v) is 15.7. The van der Waals surface area contributed by atoms with E-state index in [2.05, 4.69) is 244 Å². The van der Waals surface area contributed by atoms with Crippen molar-refractivity contribution in [2.75, 3.05) is 4.90 Å². The summed E-state index contributed by atoms with van der Waals surface area (Å²) in [5.74, 6) is 0. The molecule has 1 heteroatoms. The predicted octanol–water partition coefficient (Wildman–Crippen LogP) is 13.5. The Kier molecular flexibility index (Phi) is 8.59. The second-order valence-electron chi connectivity index (χ2n) is 15.7. The summed E-state index contributed by atoms with van der Waals surface area (Å²) >= 11 is 0. The largest absolute Gasteiger partial charge is 0.310 e. The van der Waals surface area contributed by atoms with E-state index in [0.29, 0.717) is 0 Å². The minimum absolute atomic E-state index is 0.0541. The van der Waals surface area contributed by atoms with Gasteiger partial charge in [-0.1, -0.05) is 203 Å². The molecule has 1 aliphatic carbocycles. The first-order chi connectivity index (χ1) is 26.9. The monoisotopic (exact) mass is 707 g/mol. The second kappa shape index (κ2) is 13.8. The zero-order chi connectivity index (χ0) is 37.5. The molecule has 0 spiro atoms. The van der Waals surface area contributed by atoms with Crippen LogP contribution in [0.25, 0.3) is 0 Å². The van der Waals surface area contributed by atoms with Gasteiger partial charge in [-0.25, -0.2) is 0 Å². The van der Waals surface area contributed by atoms with Crippen molar-refractivity contribution >= 4 is 17.1 Å². The molecule has 0 unspecified atom stereocenters. The maximum absolute atomic E-state index is 2.50. The molecule has 55 heavy (non-hydrogen) atoms. The first-order valence-corrected chi connectivity index (χ1v) is 19.4. The van der Waals surface area contributed by atoms with E-state index in [0.717, 1.165) is 17.1 Å². The lowest BCUT2D eigenvalue weighted by molar-refractivity contribution is 0.590. The lowest BCUT2D eigenvalue weighted by Crippen LogP contribution is -2.45. The van der Waals surface area contributed by atoms with E-state index in [1.165, 1.54) is 50.1 Å². The average molecular weight is 708 g/mol. The van der Waals surface area contributed by atoms with Crippen LogP contribution in [0, 0.1) is 0 Å². The summed E-state index contributed by atoms with van der Waals surface area (Å²) in [6.07, 6.45) is 0. The van der Waals surface area contributed by atoms with Crippen LogP contribution >= 0.6 is 0 Å². The summed E-state index contributed by atoms with van der Waals surface area (Å²) in [5.41, 5.74) is 13.6. The Hall–Kier alpha value is -6.44. The van der Waals surface area contributed by atoms with Crippen LogP contribution in [0.1, 0.15) is 70.8 Å². The first kappa shape index (κ1) is 34.3. The van der Waals surface area contributed by atoms with Crippen molar-refractivity contribution in [3.05, 3.63) is 268 Å². The first-order valence-electron chi connectivity index (χ1n) is 19.4. The predicted molar refractivity (Wildman–Crippen MR) is 230 cm³/mol. The molecular formula is C54H45N. The minimum Gasteiger partial charge on any atom is -0.310 e. The fraction of sp³-hybridized carbons (Fsp3) is 0.111. The van der Waals surface area contributed by atoms with E-state index in [4.69, 9.17) is 0 Å².